The van der Waals surface area contributed by atoms with Crippen molar-refractivity contribution >= 4 is 29.3 Å². The van der Waals surface area contributed by atoms with Crippen LogP contribution in [0.4, 0.5) is 11.4 Å². The van der Waals surface area contributed by atoms with Gasteiger partial charge in [-0.15, -0.1) is 0 Å². The van der Waals surface area contributed by atoms with Gasteiger partial charge in [0.25, 0.3) is 11.8 Å². The van der Waals surface area contributed by atoms with E-state index in [9.17, 15) is 9.59 Å². The van der Waals surface area contributed by atoms with Crippen molar-refractivity contribution in [1.82, 2.24) is 0 Å². The normalized spacial score (nSPS) is 13.3. The maximum absolute atomic E-state index is 12.2. The minimum atomic E-state index is -0.466. The standard InChI is InChI=1S/C17H11N3O2/c18-10-12-7-5-11(6-8-12)9-13-16(21)19-14-3-1-2-4-15(14)20-17(13)22/h1-9H,(H,19,21)(H,20,22). The number of anilines is 2. The molecule has 106 valence electrons. The molecule has 0 spiro atoms. The Morgan fingerprint density at radius 3 is 1.91 bits per heavy atom. The van der Waals surface area contributed by atoms with Gasteiger partial charge < -0.3 is 10.6 Å². The van der Waals surface area contributed by atoms with Crippen molar-refractivity contribution in [2.24, 2.45) is 0 Å². The summed E-state index contributed by atoms with van der Waals surface area (Å²) in [6, 6.07) is 15.7. The number of rotatable bonds is 1. The van der Waals surface area contributed by atoms with Crippen LogP contribution < -0.4 is 10.6 Å². The Labute approximate surface area is 126 Å². The van der Waals surface area contributed by atoms with E-state index in [-0.39, 0.29) is 5.57 Å². The number of amides is 2. The molecular weight excluding hydrogens is 278 g/mol. The summed E-state index contributed by atoms with van der Waals surface area (Å²) in [7, 11) is 0. The topological polar surface area (TPSA) is 82.0 Å². The smallest absolute Gasteiger partial charge is 0.261 e. The molecule has 0 aliphatic carbocycles. The predicted octanol–water partition coefficient (Wildman–Crippen LogP) is 2.53. The van der Waals surface area contributed by atoms with Gasteiger partial charge in [0.2, 0.25) is 0 Å². The van der Waals surface area contributed by atoms with Gasteiger partial charge in [-0.25, -0.2) is 0 Å². The van der Waals surface area contributed by atoms with Gasteiger partial charge in [-0.2, -0.15) is 5.26 Å². The molecule has 2 aromatic rings. The SMILES string of the molecule is N#Cc1ccc(C=C2C(=O)Nc3ccccc3NC2=O)cc1. The van der Waals surface area contributed by atoms with Gasteiger partial charge in [0, 0.05) is 0 Å². The van der Waals surface area contributed by atoms with Crippen LogP contribution in [0, 0.1) is 11.3 Å². The minimum Gasteiger partial charge on any atom is -0.320 e. The highest BCUT2D eigenvalue weighted by Crippen LogP contribution is 2.25. The molecule has 5 heteroatoms. The Bertz CT molecular complexity index is 791. The molecule has 2 N–H and O–H groups in total. The fourth-order valence-corrected chi connectivity index (χ4v) is 2.14. The van der Waals surface area contributed by atoms with Crippen LogP contribution in [0.25, 0.3) is 6.08 Å². The van der Waals surface area contributed by atoms with E-state index in [0.29, 0.717) is 22.5 Å². The van der Waals surface area contributed by atoms with Crippen LogP contribution in [-0.4, -0.2) is 11.8 Å². The molecule has 0 saturated heterocycles. The zero-order valence-electron chi connectivity index (χ0n) is 11.5. The van der Waals surface area contributed by atoms with Gasteiger partial charge in [0.1, 0.15) is 5.57 Å². The molecule has 0 saturated carbocycles. The molecule has 0 aromatic heterocycles. The largest absolute Gasteiger partial charge is 0.320 e. The van der Waals surface area contributed by atoms with Crippen molar-refractivity contribution in [2.75, 3.05) is 10.6 Å². The summed E-state index contributed by atoms with van der Waals surface area (Å²) in [6.07, 6.45) is 1.50. The summed E-state index contributed by atoms with van der Waals surface area (Å²) in [4.78, 5) is 24.4. The Kier molecular flexibility index (Phi) is 3.42. The van der Waals surface area contributed by atoms with E-state index in [1.54, 1.807) is 48.5 Å². The summed E-state index contributed by atoms with van der Waals surface area (Å²) >= 11 is 0. The lowest BCUT2D eigenvalue weighted by atomic mass is 10.1. The lowest BCUT2D eigenvalue weighted by Gasteiger charge is -2.04. The molecule has 5 nitrogen and oxygen atoms in total. The number of nitrogens with zero attached hydrogens (tertiary/aromatic N) is 1. The molecule has 22 heavy (non-hydrogen) atoms. The highest BCUT2D eigenvalue weighted by atomic mass is 16.2. The van der Waals surface area contributed by atoms with Crippen LogP contribution in [0.1, 0.15) is 11.1 Å². The van der Waals surface area contributed by atoms with Crippen molar-refractivity contribution in [3.05, 3.63) is 65.2 Å². The molecule has 0 atom stereocenters. The monoisotopic (exact) mass is 289 g/mol. The fraction of sp³-hybridized carbons (Fsp3) is 0. The lowest BCUT2D eigenvalue weighted by Crippen LogP contribution is -2.20. The van der Waals surface area contributed by atoms with E-state index >= 15 is 0 Å². The second kappa shape index (κ2) is 5.54. The Morgan fingerprint density at radius 2 is 1.41 bits per heavy atom. The number of hydrogen-bond acceptors (Lipinski definition) is 3. The third kappa shape index (κ3) is 2.58. The van der Waals surface area contributed by atoms with Crippen molar-refractivity contribution in [2.45, 2.75) is 0 Å². The number of hydrogen-bond donors (Lipinski definition) is 2. The molecule has 2 aromatic carbocycles. The summed E-state index contributed by atoms with van der Waals surface area (Å²) in [5, 5.41) is 14.2. The first kappa shape index (κ1) is 13.6. The van der Waals surface area contributed by atoms with Crippen molar-refractivity contribution in [3.8, 4) is 6.07 Å². The zero-order valence-corrected chi connectivity index (χ0v) is 11.5. The van der Waals surface area contributed by atoms with Gasteiger partial charge in [-0.3, -0.25) is 9.59 Å². The molecule has 1 aliphatic heterocycles. The first-order valence-corrected chi connectivity index (χ1v) is 6.61. The van der Waals surface area contributed by atoms with E-state index < -0.39 is 11.8 Å². The van der Waals surface area contributed by atoms with Crippen LogP contribution in [0.15, 0.2) is 54.1 Å². The number of para-hydroxylation sites is 2. The molecule has 1 heterocycles. The Hall–Kier alpha value is -3.39. The second-order valence-corrected chi connectivity index (χ2v) is 4.75. The van der Waals surface area contributed by atoms with Gasteiger partial charge in [0.15, 0.2) is 0 Å². The Balaban J connectivity index is 1.97. The number of fused-ring (bicyclic) bond motifs is 1. The van der Waals surface area contributed by atoms with Gasteiger partial charge >= 0.3 is 0 Å². The van der Waals surface area contributed by atoms with Crippen LogP contribution in [-0.2, 0) is 9.59 Å². The van der Waals surface area contributed by atoms with Gasteiger partial charge in [-0.05, 0) is 35.9 Å². The molecular formula is C17H11N3O2. The van der Waals surface area contributed by atoms with E-state index in [1.807, 2.05) is 6.07 Å². The van der Waals surface area contributed by atoms with E-state index in [4.69, 9.17) is 5.26 Å². The Morgan fingerprint density at radius 1 is 0.864 bits per heavy atom. The molecule has 1 aliphatic rings. The van der Waals surface area contributed by atoms with E-state index in [2.05, 4.69) is 10.6 Å². The first-order valence-electron chi connectivity index (χ1n) is 6.61. The minimum absolute atomic E-state index is 0.0147. The summed E-state index contributed by atoms with van der Waals surface area (Å²) < 4.78 is 0. The molecule has 0 radical (unpaired) electrons. The highest BCUT2D eigenvalue weighted by molar-refractivity contribution is 6.31. The molecule has 0 bridgehead atoms. The maximum Gasteiger partial charge on any atom is 0.261 e. The van der Waals surface area contributed by atoms with Gasteiger partial charge in [-0.1, -0.05) is 24.3 Å². The van der Waals surface area contributed by atoms with E-state index in [0.717, 1.165) is 0 Å². The van der Waals surface area contributed by atoms with E-state index in [1.165, 1.54) is 6.08 Å². The molecule has 3 rings (SSSR count). The predicted molar refractivity (Wildman–Crippen MR) is 82.8 cm³/mol. The van der Waals surface area contributed by atoms with Crippen LogP contribution >= 0.6 is 0 Å². The third-order valence-electron chi connectivity index (χ3n) is 3.26. The first-order chi connectivity index (χ1) is 10.7. The maximum atomic E-state index is 12.2. The quantitative estimate of drug-likeness (QED) is 0.625. The number of benzene rings is 2. The number of nitriles is 1. The number of nitrogens with one attached hydrogen (secondary N) is 2. The lowest BCUT2D eigenvalue weighted by molar-refractivity contribution is -0.118. The summed E-state index contributed by atoms with van der Waals surface area (Å²) in [5.41, 5.74) is 2.32. The average molecular weight is 289 g/mol. The summed E-state index contributed by atoms with van der Waals surface area (Å²) in [5.74, 6) is -0.932. The van der Waals surface area contributed by atoms with Crippen molar-refractivity contribution < 1.29 is 9.59 Å². The highest BCUT2D eigenvalue weighted by Gasteiger charge is 2.24. The molecule has 0 fully saturated rings. The van der Waals surface area contributed by atoms with Gasteiger partial charge in [0.05, 0.1) is 23.0 Å². The molecule has 2 amide bonds. The number of carbonyl (C=O) groups is 2. The number of carbonyl (C=O) groups excluding carboxylic acids is 2. The van der Waals surface area contributed by atoms with Crippen molar-refractivity contribution in [3.63, 3.8) is 0 Å². The van der Waals surface area contributed by atoms with Crippen LogP contribution in [0.3, 0.4) is 0 Å². The van der Waals surface area contributed by atoms with Crippen LogP contribution in [0.2, 0.25) is 0 Å². The van der Waals surface area contributed by atoms with Crippen LogP contribution in [0.5, 0.6) is 0 Å². The third-order valence-corrected chi connectivity index (χ3v) is 3.26. The average Bonchev–Trinajstić information content (AvgIpc) is 2.65. The van der Waals surface area contributed by atoms with Crippen molar-refractivity contribution in [1.29, 1.82) is 5.26 Å². The second-order valence-electron chi connectivity index (χ2n) is 4.75. The molecule has 0 unspecified atom stereocenters. The zero-order chi connectivity index (χ0) is 15.5. The summed E-state index contributed by atoms with van der Waals surface area (Å²) in [6.45, 7) is 0. The fourth-order valence-electron chi connectivity index (χ4n) is 2.14.